The van der Waals surface area contributed by atoms with Gasteiger partial charge in [-0.3, -0.25) is 4.63 Å². The van der Waals surface area contributed by atoms with E-state index in [4.69, 9.17) is 18.8 Å². The second kappa shape index (κ2) is 6.60. The summed E-state index contributed by atoms with van der Waals surface area (Å²) in [5, 5.41) is 25.6. The first kappa shape index (κ1) is 16.4. The van der Waals surface area contributed by atoms with Gasteiger partial charge >= 0.3 is 0 Å². The van der Waals surface area contributed by atoms with Gasteiger partial charge in [-0.1, -0.05) is 12.1 Å². The molecule has 1 heterocycles. The van der Waals surface area contributed by atoms with Crippen LogP contribution in [0.25, 0.3) is 22.5 Å². The number of hydrogen-bond donors (Lipinski definition) is 1. The maximum absolute atomic E-state index is 12.1. The summed E-state index contributed by atoms with van der Waals surface area (Å²) in [6, 6.07) is 9.56. The maximum atomic E-state index is 12.1. The van der Waals surface area contributed by atoms with E-state index in [1.807, 2.05) is 0 Å². The Morgan fingerprint density at radius 3 is 2.24 bits per heavy atom. The lowest BCUT2D eigenvalue weighted by Crippen LogP contribution is -2.25. The molecule has 2 aromatic carbocycles. The van der Waals surface area contributed by atoms with Crippen LogP contribution in [0.15, 0.2) is 41.0 Å². The summed E-state index contributed by atoms with van der Waals surface area (Å²) < 4.78 is 20.7. The molecule has 0 saturated carbocycles. The van der Waals surface area contributed by atoms with Crippen molar-refractivity contribution >= 4 is 0 Å². The molecule has 0 fully saturated rings. The van der Waals surface area contributed by atoms with Gasteiger partial charge < -0.3 is 24.5 Å². The molecule has 0 atom stereocenters. The first-order valence-corrected chi connectivity index (χ1v) is 7.28. The highest BCUT2D eigenvalue weighted by Crippen LogP contribution is 2.42. The second-order valence-corrected chi connectivity index (χ2v) is 5.09. The molecule has 130 valence electrons. The number of phenols is 1. The second-order valence-electron chi connectivity index (χ2n) is 5.09. The predicted octanol–water partition coefficient (Wildman–Crippen LogP) is 2.37. The molecular weight excluding hydrogens is 328 g/mol. The highest BCUT2D eigenvalue weighted by Gasteiger charge is 2.26. The predicted molar refractivity (Wildman–Crippen MR) is 87.7 cm³/mol. The molecule has 25 heavy (non-hydrogen) atoms. The molecule has 8 nitrogen and oxygen atoms in total. The first-order valence-electron chi connectivity index (χ1n) is 7.28. The Kier molecular flexibility index (Phi) is 4.34. The highest BCUT2D eigenvalue weighted by atomic mass is 16.8. The van der Waals surface area contributed by atoms with Crippen molar-refractivity contribution in [2.45, 2.75) is 0 Å². The number of phenolic OH excluding ortho intramolecular Hbond substituents is 1. The van der Waals surface area contributed by atoms with Gasteiger partial charge in [0.05, 0.1) is 21.3 Å². The van der Waals surface area contributed by atoms with E-state index in [2.05, 4.69) is 5.16 Å². The highest BCUT2D eigenvalue weighted by molar-refractivity contribution is 5.78. The summed E-state index contributed by atoms with van der Waals surface area (Å²) in [6.07, 6.45) is 0. The lowest BCUT2D eigenvalue weighted by molar-refractivity contribution is -0.793. The fourth-order valence-electron chi connectivity index (χ4n) is 2.55. The Labute approximate surface area is 143 Å². The van der Waals surface area contributed by atoms with Gasteiger partial charge in [0.25, 0.3) is 5.69 Å². The number of methoxy groups -OCH3 is 3. The van der Waals surface area contributed by atoms with Crippen molar-refractivity contribution in [3.8, 4) is 45.5 Å². The molecule has 3 aromatic rings. The number of aromatic nitrogens is 2. The van der Waals surface area contributed by atoms with Crippen LogP contribution in [0.3, 0.4) is 0 Å². The zero-order valence-corrected chi connectivity index (χ0v) is 13.8. The summed E-state index contributed by atoms with van der Waals surface area (Å²) in [5.41, 5.74) is 1.43. The lowest BCUT2D eigenvalue weighted by Gasteiger charge is -2.12. The SMILES string of the molecule is COc1cc(-c2no[n+]([O-])c2-c2cccc(O)c2)cc(OC)c1OC. The molecule has 0 unspecified atom stereocenters. The largest absolute Gasteiger partial charge is 0.508 e. The molecule has 0 aliphatic carbocycles. The Morgan fingerprint density at radius 1 is 1.00 bits per heavy atom. The van der Waals surface area contributed by atoms with E-state index in [0.717, 1.165) is 0 Å². The fourth-order valence-corrected chi connectivity index (χ4v) is 2.55. The summed E-state index contributed by atoms with van der Waals surface area (Å²) in [7, 11) is 4.49. The molecule has 0 radical (unpaired) electrons. The van der Waals surface area contributed by atoms with E-state index >= 15 is 0 Å². The average Bonchev–Trinajstić information content (AvgIpc) is 3.01. The molecule has 1 N–H and O–H groups in total. The van der Waals surface area contributed by atoms with Crippen LogP contribution in [0.4, 0.5) is 0 Å². The molecule has 8 heteroatoms. The Bertz CT molecular complexity index is 881. The molecule has 0 aliphatic heterocycles. The van der Waals surface area contributed by atoms with E-state index in [1.165, 1.54) is 33.5 Å². The van der Waals surface area contributed by atoms with Crippen molar-refractivity contribution in [3.63, 3.8) is 0 Å². The number of benzene rings is 2. The van der Waals surface area contributed by atoms with E-state index in [9.17, 15) is 10.3 Å². The monoisotopic (exact) mass is 344 g/mol. The fraction of sp³-hybridized carbons (Fsp3) is 0.176. The van der Waals surface area contributed by atoms with Crippen LogP contribution in [0, 0.1) is 5.21 Å². The quantitative estimate of drug-likeness (QED) is 0.709. The van der Waals surface area contributed by atoms with Gasteiger partial charge in [-0.25, -0.2) is 0 Å². The average molecular weight is 344 g/mol. The van der Waals surface area contributed by atoms with Crippen LogP contribution in [-0.4, -0.2) is 31.6 Å². The van der Waals surface area contributed by atoms with E-state index in [0.29, 0.717) is 28.4 Å². The standard InChI is InChI=1S/C17H16N2O6/c1-22-13-8-11(9-14(23-2)17(13)24-3)15-16(19(21)25-18-15)10-5-4-6-12(20)7-10/h4-9,20H,1-3H3. The molecule has 1 aromatic heterocycles. The zero-order chi connectivity index (χ0) is 18.0. The Balaban J connectivity index is 2.22. The smallest absolute Gasteiger partial charge is 0.256 e. The number of nitrogens with zero attached hydrogens (tertiary/aromatic N) is 2. The minimum Gasteiger partial charge on any atom is -0.508 e. The number of rotatable bonds is 5. The van der Waals surface area contributed by atoms with Crippen molar-refractivity contribution < 1.29 is 28.8 Å². The van der Waals surface area contributed by atoms with Crippen LogP contribution in [0.5, 0.6) is 23.0 Å². The van der Waals surface area contributed by atoms with Crippen LogP contribution < -0.4 is 19.1 Å². The van der Waals surface area contributed by atoms with E-state index in [1.54, 1.807) is 24.3 Å². The maximum Gasteiger partial charge on any atom is 0.256 e. The molecule has 0 bridgehead atoms. The van der Waals surface area contributed by atoms with Crippen molar-refractivity contribution in [1.29, 1.82) is 0 Å². The zero-order valence-electron chi connectivity index (χ0n) is 13.8. The van der Waals surface area contributed by atoms with Gasteiger partial charge in [-0.05, 0) is 29.2 Å². The number of hydrogen-bond acceptors (Lipinski definition) is 7. The first-order chi connectivity index (χ1) is 12.1. The summed E-state index contributed by atoms with van der Waals surface area (Å²) in [5.74, 6) is 1.28. The van der Waals surface area contributed by atoms with Crippen LogP contribution in [-0.2, 0) is 0 Å². The summed E-state index contributed by atoms with van der Waals surface area (Å²) in [6.45, 7) is 0. The van der Waals surface area contributed by atoms with E-state index < -0.39 is 0 Å². The van der Waals surface area contributed by atoms with Gasteiger partial charge in [-0.15, -0.1) is 0 Å². The van der Waals surface area contributed by atoms with Crippen LogP contribution in [0.1, 0.15) is 0 Å². The molecule has 0 amide bonds. The summed E-state index contributed by atoms with van der Waals surface area (Å²) >= 11 is 0. The Hall–Kier alpha value is -3.42. The molecular formula is C17H16N2O6. The molecule has 0 aliphatic rings. The third-order valence-electron chi connectivity index (χ3n) is 3.67. The summed E-state index contributed by atoms with van der Waals surface area (Å²) in [4.78, 5) is 0.285. The van der Waals surface area contributed by atoms with Gasteiger partial charge in [0.1, 0.15) is 5.75 Å². The molecule has 0 spiro atoms. The van der Waals surface area contributed by atoms with E-state index in [-0.39, 0.29) is 22.0 Å². The number of aromatic hydroxyl groups is 1. The van der Waals surface area contributed by atoms with Crippen molar-refractivity contribution in [3.05, 3.63) is 41.6 Å². The van der Waals surface area contributed by atoms with Crippen LogP contribution in [0.2, 0.25) is 0 Å². The van der Waals surface area contributed by atoms with Crippen molar-refractivity contribution in [2.75, 3.05) is 21.3 Å². The van der Waals surface area contributed by atoms with Gasteiger partial charge in [0, 0.05) is 16.3 Å². The minimum absolute atomic E-state index is 0.0227. The van der Waals surface area contributed by atoms with Gasteiger partial charge in [-0.2, -0.15) is 0 Å². The lowest BCUT2D eigenvalue weighted by atomic mass is 10.0. The van der Waals surface area contributed by atoms with Crippen molar-refractivity contribution in [2.24, 2.45) is 0 Å². The molecule has 3 rings (SSSR count). The normalized spacial score (nSPS) is 10.5. The third kappa shape index (κ3) is 2.89. The van der Waals surface area contributed by atoms with Crippen LogP contribution >= 0.6 is 0 Å². The van der Waals surface area contributed by atoms with Gasteiger partial charge in [0.15, 0.2) is 11.5 Å². The topological polar surface area (TPSA) is 101 Å². The van der Waals surface area contributed by atoms with Gasteiger partial charge in [0.2, 0.25) is 11.4 Å². The Morgan fingerprint density at radius 2 is 1.68 bits per heavy atom. The third-order valence-corrected chi connectivity index (χ3v) is 3.67. The molecule has 0 saturated heterocycles. The number of ether oxygens (including phenoxy) is 3. The minimum atomic E-state index is 0.0227. The van der Waals surface area contributed by atoms with Crippen molar-refractivity contribution in [1.82, 2.24) is 5.16 Å².